The predicted octanol–water partition coefficient (Wildman–Crippen LogP) is 3.64. The summed E-state index contributed by atoms with van der Waals surface area (Å²) < 4.78 is 5.31. The number of Topliss-reactive ketones (excluding diaryl/α,β-unsaturated/α-hetero) is 1. The summed E-state index contributed by atoms with van der Waals surface area (Å²) in [5, 5.41) is 10.6. The summed E-state index contributed by atoms with van der Waals surface area (Å²) in [6.45, 7) is 6.16. The van der Waals surface area contributed by atoms with Crippen LogP contribution in [0.2, 0.25) is 0 Å². The van der Waals surface area contributed by atoms with Crippen LogP contribution in [0.3, 0.4) is 0 Å². The first-order valence-electron chi connectivity index (χ1n) is 8.26. The third-order valence-corrected chi connectivity index (χ3v) is 4.86. The van der Waals surface area contributed by atoms with Crippen molar-refractivity contribution in [2.45, 2.75) is 33.6 Å². The highest BCUT2D eigenvalue weighted by Crippen LogP contribution is 2.34. The molecule has 0 saturated heterocycles. The van der Waals surface area contributed by atoms with Gasteiger partial charge in [0.1, 0.15) is 12.4 Å². The van der Waals surface area contributed by atoms with Crippen molar-refractivity contribution in [1.29, 1.82) is 0 Å². The van der Waals surface area contributed by atoms with Gasteiger partial charge < -0.3 is 4.74 Å². The minimum atomic E-state index is -0.559. The van der Waals surface area contributed by atoms with Gasteiger partial charge in [-0.25, -0.2) is 4.79 Å². The zero-order chi connectivity index (χ0) is 17.9. The summed E-state index contributed by atoms with van der Waals surface area (Å²) in [4.78, 5) is 34.8. The summed E-state index contributed by atoms with van der Waals surface area (Å²) in [5.74, 6) is -0.135. The molecule has 0 heterocycles. The van der Waals surface area contributed by atoms with Crippen molar-refractivity contribution >= 4 is 17.4 Å². The molecule has 0 bridgehead atoms. The van der Waals surface area contributed by atoms with Gasteiger partial charge in [-0.1, -0.05) is 20.8 Å². The second-order valence-electron chi connectivity index (χ2n) is 6.82. The highest BCUT2D eigenvalue weighted by Gasteiger charge is 2.37. The summed E-state index contributed by atoms with van der Waals surface area (Å²) >= 11 is 0. The van der Waals surface area contributed by atoms with E-state index in [0.29, 0.717) is 0 Å². The van der Waals surface area contributed by atoms with Crippen molar-refractivity contribution in [3.8, 4) is 0 Å². The maximum absolute atomic E-state index is 12.6. The average molecular weight is 333 g/mol. The molecule has 1 saturated carbocycles. The fraction of sp³-hybridized carbons (Fsp3) is 0.556. The summed E-state index contributed by atoms with van der Waals surface area (Å²) in [6.07, 6.45) is 1.85. The van der Waals surface area contributed by atoms with Gasteiger partial charge in [0, 0.05) is 18.1 Å². The lowest BCUT2D eigenvalue weighted by Gasteiger charge is -2.34. The number of nitro benzene ring substituents is 1. The molecule has 0 aliphatic heterocycles. The lowest BCUT2D eigenvalue weighted by Crippen LogP contribution is -2.39. The van der Waals surface area contributed by atoms with Crippen molar-refractivity contribution in [3.63, 3.8) is 0 Å². The highest BCUT2D eigenvalue weighted by molar-refractivity contribution is 5.90. The molecule has 0 N–H and O–H groups in total. The van der Waals surface area contributed by atoms with Crippen LogP contribution < -0.4 is 0 Å². The number of hydrogen-bond acceptors (Lipinski definition) is 5. The predicted molar refractivity (Wildman–Crippen MR) is 88.6 cm³/mol. The molecular weight excluding hydrogens is 310 g/mol. The molecule has 6 heteroatoms. The molecule has 1 aliphatic carbocycles. The number of carbonyl (C=O) groups excluding carboxylic acids is 2. The molecule has 2 rings (SSSR count). The highest BCUT2D eigenvalue weighted by atomic mass is 16.6. The molecular formula is C18H23NO5. The molecule has 24 heavy (non-hydrogen) atoms. The molecule has 0 unspecified atom stereocenters. The number of ketones is 1. The van der Waals surface area contributed by atoms with Crippen LogP contribution in [0.1, 0.15) is 44.0 Å². The Morgan fingerprint density at radius 1 is 1.29 bits per heavy atom. The number of benzene rings is 1. The maximum atomic E-state index is 12.6. The Morgan fingerprint density at radius 2 is 1.92 bits per heavy atom. The number of rotatable bonds is 5. The van der Waals surface area contributed by atoms with Crippen LogP contribution >= 0.6 is 0 Å². The van der Waals surface area contributed by atoms with Gasteiger partial charge in [0.25, 0.3) is 5.69 Å². The van der Waals surface area contributed by atoms with Gasteiger partial charge in [0.05, 0.1) is 16.4 Å². The van der Waals surface area contributed by atoms with Crippen LogP contribution in [-0.2, 0) is 9.53 Å². The zero-order valence-electron chi connectivity index (χ0n) is 14.2. The Kier molecular flexibility index (Phi) is 5.70. The number of esters is 1. The Morgan fingerprint density at radius 3 is 2.46 bits per heavy atom. The SMILES string of the molecule is CC(C)[C@@H]1CC[C@H](C)[C@@H](COC(=O)c2ccc([N+](=O)[O-])cc2)C1=O. The largest absolute Gasteiger partial charge is 0.461 e. The van der Waals surface area contributed by atoms with Crippen molar-refractivity contribution < 1.29 is 19.2 Å². The topological polar surface area (TPSA) is 86.5 Å². The Balaban J connectivity index is 1.99. The monoisotopic (exact) mass is 333 g/mol. The van der Waals surface area contributed by atoms with Crippen molar-refractivity contribution in [2.24, 2.45) is 23.7 Å². The van der Waals surface area contributed by atoms with Gasteiger partial charge in [0.2, 0.25) is 0 Å². The zero-order valence-corrected chi connectivity index (χ0v) is 14.2. The standard InChI is InChI=1S/C18H23NO5/c1-11(2)15-9-4-12(3)16(17(15)20)10-24-18(21)13-5-7-14(8-6-13)19(22)23/h5-8,11-12,15-16H,4,9-10H2,1-3H3/t12-,15-,16+/m0/s1. The lowest BCUT2D eigenvalue weighted by atomic mass is 9.70. The van der Waals surface area contributed by atoms with Crippen LogP contribution in [0, 0.1) is 33.8 Å². The maximum Gasteiger partial charge on any atom is 0.338 e. The van der Waals surface area contributed by atoms with E-state index in [4.69, 9.17) is 4.74 Å². The van der Waals surface area contributed by atoms with Gasteiger partial charge in [-0.3, -0.25) is 14.9 Å². The third kappa shape index (κ3) is 3.99. The van der Waals surface area contributed by atoms with E-state index >= 15 is 0 Å². The fourth-order valence-electron chi connectivity index (χ4n) is 3.22. The van der Waals surface area contributed by atoms with Crippen LogP contribution in [0.25, 0.3) is 0 Å². The van der Waals surface area contributed by atoms with Gasteiger partial charge >= 0.3 is 5.97 Å². The van der Waals surface area contributed by atoms with Crippen LogP contribution in [0.5, 0.6) is 0 Å². The lowest BCUT2D eigenvalue weighted by molar-refractivity contribution is -0.384. The molecule has 1 fully saturated rings. The van der Waals surface area contributed by atoms with Gasteiger partial charge in [-0.2, -0.15) is 0 Å². The normalized spacial score (nSPS) is 24.0. The fourth-order valence-corrected chi connectivity index (χ4v) is 3.22. The Hall–Kier alpha value is -2.24. The van der Waals surface area contributed by atoms with Crippen LogP contribution in [0.4, 0.5) is 5.69 Å². The van der Waals surface area contributed by atoms with Crippen LogP contribution in [-0.4, -0.2) is 23.3 Å². The summed E-state index contributed by atoms with van der Waals surface area (Å²) in [6, 6.07) is 5.26. The van der Waals surface area contributed by atoms with Crippen molar-refractivity contribution in [1.82, 2.24) is 0 Å². The molecule has 1 aromatic carbocycles. The first-order valence-corrected chi connectivity index (χ1v) is 8.26. The van der Waals surface area contributed by atoms with Crippen LogP contribution in [0.15, 0.2) is 24.3 Å². The number of non-ortho nitro benzene ring substituents is 1. The number of carbonyl (C=O) groups is 2. The van der Waals surface area contributed by atoms with E-state index in [1.165, 1.54) is 24.3 Å². The van der Waals surface area contributed by atoms with Gasteiger partial charge in [-0.15, -0.1) is 0 Å². The molecule has 0 radical (unpaired) electrons. The molecule has 0 amide bonds. The Labute approximate surface area is 141 Å². The first kappa shape index (κ1) is 18.1. The molecule has 0 aromatic heterocycles. The van der Waals surface area contributed by atoms with E-state index in [1.54, 1.807) is 0 Å². The molecule has 6 nitrogen and oxygen atoms in total. The summed E-state index contributed by atoms with van der Waals surface area (Å²) in [7, 11) is 0. The molecule has 1 aliphatic rings. The van der Waals surface area contributed by atoms with Crippen molar-refractivity contribution in [2.75, 3.05) is 6.61 Å². The Bertz CT molecular complexity index is 623. The number of nitrogens with zero attached hydrogens (tertiary/aromatic N) is 1. The summed E-state index contributed by atoms with van der Waals surface area (Å²) in [5.41, 5.74) is 0.166. The molecule has 130 valence electrons. The average Bonchev–Trinajstić information content (AvgIpc) is 2.54. The minimum absolute atomic E-state index is 0.0317. The third-order valence-electron chi connectivity index (χ3n) is 4.86. The van der Waals surface area contributed by atoms with Gasteiger partial charge in [-0.05, 0) is 36.8 Å². The van der Waals surface area contributed by atoms with E-state index < -0.39 is 10.9 Å². The number of nitro groups is 1. The second-order valence-corrected chi connectivity index (χ2v) is 6.82. The van der Waals surface area contributed by atoms with E-state index in [0.717, 1.165) is 12.8 Å². The quantitative estimate of drug-likeness (QED) is 0.466. The van der Waals surface area contributed by atoms with E-state index in [1.807, 2.05) is 20.8 Å². The smallest absolute Gasteiger partial charge is 0.338 e. The number of hydrogen-bond donors (Lipinski definition) is 0. The van der Waals surface area contributed by atoms with Crippen molar-refractivity contribution in [3.05, 3.63) is 39.9 Å². The van der Waals surface area contributed by atoms with E-state index in [2.05, 4.69) is 0 Å². The van der Waals surface area contributed by atoms with E-state index in [-0.39, 0.29) is 47.3 Å². The van der Waals surface area contributed by atoms with E-state index in [9.17, 15) is 19.7 Å². The van der Waals surface area contributed by atoms with Gasteiger partial charge in [0.15, 0.2) is 0 Å². The molecule has 1 aromatic rings. The first-order chi connectivity index (χ1) is 11.3. The molecule has 3 atom stereocenters. The minimum Gasteiger partial charge on any atom is -0.461 e. The molecule has 0 spiro atoms. The number of ether oxygens (including phenoxy) is 1. The second kappa shape index (κ2) is 7.55.